The van der Waals surface area contributed by atoms with Gasteiger partial charge in [-0.15, -0.1) is 0 Å². The molecule has 4 aromatic rings. The summed E-state index contributed by atoms with van der Waals surface area (Å²) in [5, 5.41) is 32.1. The summed E-state index contributed by atoms with van der Waals surface area (Å²) < 4.78 is 4.73. The van der Waals surface area contributed by atoms with Crippen LogP contribution in [0.25, 0.3) is 11.3 Å². The zero-order chi connectivity index (χ0) is 20.1. The van der Waals surface area contributed by atoms with Gasteiger partial charge in [-0.25, -0.2) is 14.6 Å². The smallest absolute Gasteiger partial charge is 0.245 e. The van der Waals surface area contributed by atoms with Gasteiger partial charge in [0.1, 0.15) is 0 Å². The Hall–Kier alpha value is -3.56. The molecule has 0 aliphatic heterocycles. The molecule has 0 amide bonds. The highest BCUT2D eigenvalue weighted by atomic mass is 16.6. The molecule has 0 fully saturated rings. The van der Waals surface area contributed by atoms with Gasteiger partial charge < -0.3 is 20.8 Å². The van der Waals surface area contributed by atoms with Gasteiger partial charge in [0.15, 0.2) is 11.6 Å². The Balaban J connectivity index is 1.61. The maximum Gasteiger partial charge on any atom is 0.245 e. The molecule has 29 heavy (non-hydrogen) atoms. The van der Waals surface area contributed by atoms with Crippen molar-refractivity contribution in [2.24, 2.45) is 0 Å². The van der Waals surface area contributed by atoms with Crippen LogP contribution in [0.1, 0.15) is 11.1 Å². The van der Waals surface area contributed by atoms with Crippen LogP contribution in [0.4, 0.5) is 23.0 Å². The van der Waals surface area contributed by atoms with E-state index >= 15 is 0 Å². The van der Waals surface area contributed by atoms with Gasteiger partial charge in [-0.05, 0) is 58.5 Å². The molecule has 0 bridgehead atoms. The third-order valence-electron chi connectivity index (χ3n) is 4.35. The van der Waals surface area contributed by atoms with E-state index in [9.17, 15) is 0 Å². The van der Waals surface area contributed by atoms with E-state index < -0.39 is 0 Å². The largest absolute Gasteiger partial charge is 0.396 e. The zero-order valence-electron chi connectivity index (χ0n) is 15.5. The number of nitrogens with zero attached hydrogens (tertiary/aromatic N) is 4. The van der Waals surface area contributed by atoms with Gasteiger partial charge in [0.2, 0.25) is 11.3 Å². The average molecular weight is 392 g/mol. The molecule has 4 N–H and O–H groups in total. The highest BCUT2D eigenvalue weighted by Gasteiger charge is 2.13. The summed E-state index contributed by atoms with van der Waals surface area (Å²) in [6.07, 6.45) is 1.21. The first-order chi connectivity index (χ1) is 14.2. The highest BCUT2D eigenvalue weighted by Crippen LogP contribution is 2.27. The number of hydrogen-bond donors (Lipinski definition) is 4. The van der Waals surface area contributed by atoms with Gasteiger partial charge in [0.25, 0.3) is 0 Å². The summed E-state index contributed by atoms with van der Waals surface area (Å²) in [5.74, 6) is 0.949. The van der Waals surface area contributed by atoms with Gasteiger partial charge >= 0.3 is 0 Å². The van der Waals surface area contributed by atoms with E-state index in [1.165, 1.54) is 0 Å². The number of aromatic nitrogens is 4. The fourth-order valence-electron chi connectivity index (χ4n) is 2.85. The lowest BCUT2D eigenvalue weighted by Crippen LogP contribution is -2.03. The van der Waals surface area contributed by atoms with E-state index in [0.29, 0.717) is 35.8 Å². The molecule has 2 aromatic carbocycles. The summed E-state index contributed by atoms with van der Waals surface area (Å²) in [5.41, 5.74) is 4.32. The normalized spacial score (nSPS) is 11.0. The molecule has 0 aliphatic carbocycles. The van der Waals surface area contributed by atoms with E-state index in [1.807, 2.05) is 48.5 Å². The Morgan fingerprint density at radius 1 is 0.655 bits per heavy atom. The molecule has 0 saturated heterocycles. The molecule has 2 aromatic heterocycles. The van der Waals surface area contributed by atoms with Crippen molar-refractivity contribution < 1.29 is 14.8 Å². The van der Waals surface area contributed by atoms with Crippen molar-refractivity contribution in [3.05, 3.63) is 59.7 Å². The SMILES string of the molecule is OCCc1ccc(Nc2nc3nonc3nc2Nc2ccc(CCO)cc2)cc1. The number of nitrogens with one attached hydrogen (secondary N) is 2. The molecule has 0 aliphatic rings. The number of anilines is 4. The average Bonchev–Trinajstić information content (AvgIpc) is 3.19. The number of fused-ring (bicyclic) bond motifs is 1. The lowest BCUT2D eigenvalue weighted by molar-refractivity contribution is 0.299. The first-order valence-electron chi connectivity index (χ1n) is 9.19. The lowest BCUT2D eigenvalue weighted by atomic mass is 10.1. The molecule has 0 unspecified atom stereocenters. The molecule has 9 heteroatoms. The second-order valence-corrected chi connectivity index (χ2v) is 6.42. The van der Waals surface area contributed by atoms with Gasteiger partial charge in [0, 0.05) is 24.6 Å². The number of aliphatic hydroxyl groups excluding tert-OH is 2. The summed E-state index contributed by atoms with van der Waals surface area (Å²) >= 11 is 0. The topological polar surface area (TPSA) is 129 Å². The van der Waals surface area contributed by atoms with Gasteiger partial charge in [-0.2, -0.15) is 0 Å². The lowest BCUT2D eigenvalue weighted by Gasteiger charge is -2.12. The number of aliphatic hydroxyl groups is 2. The Morgan fingerprint density at radius 2 is 1.07 bits per heavy atom. The predicted octanol–water partition coefficient (Wildman–Crippen LogP) is 2.57. The molecule has 0 saturated carbocycles. The molecule has 9 nitrogen and oxygen atoms in total. The zero-order valence-corrected chi connectivity index (χ0v) is 15.5. The molecule has 0 radical (unpaired) electrons. The van der Waals surface area contributed by atoms with E-state index in [4.69, 9.17) is 14.8 Å². The number of benzene rings is 2. The van der Waals surface area contributed by atoms with Crippen molar-refractivity contribution in [2.45, 2.75) is 12.8 Å². The highest BCUT2D eigenvalue weighted by molar-refractivity contribution is 5.79. The van der Waals surface area contributed by atoms with Crippen molar-refractivity contribution in [3.8, 4) is 0 Å². The Kier molecular flexibility index (Phi) is 5.59. The van der Waals surface area contributed by atoms with Crippen molar-refractivity contribution in [3.63, 3.8) is 0 Å². The first kappa shape index (κ1) is 18.8. The minimum Gasteiger partial charge on any atom is -0.396 e. The summed E-state index contributed by atoms with van der Waals surface area (Å²) in [6.45, 7) is 0.221. The van der Waals surface area contributed by atoms with Crippen LogP contribution in [0.2, 0.25) is 0 Å². The maximum absolute atomic E-state index is 9.05. The number of rotatable bonds is 8. The monoisotopic (exact) mass is 392 g/mol. The molecule has 0 atom stereocenters. The van der Waals surface area contributed by atoms with Crippen LogP contribution in [-0.4, -0.2) is 43.7 Å². The van der Waals surface area contributed by atoms with Crippen molar-refractivity contribution >= 4 is 34.3 Å². The fourth-order valence-corrected chi connectivity index (χ4v) is 2.85. The fraction of sp³-hybridized carbons (Fsp3) is 0.200. The standard InChI is InChI=1S/C20H20N6O3/c27-11-9-13-1-5-15(6-2-13)21-17-18(24-20-19(23-17)25-29-26-20)22-16-7-3-14(4-8-16)10-12-28/h1-8,27-28H,9-12H2,(H,21,23,25)(H,22,24,26). The van der Waals surface area contributed by atoms with Gasteiger partial charge in [0.05, 0.1) is 0 Å². The van der Waals surface area contributed by atoms with Crippen molar-refractivity contribution in [2.75, 3.05) is 23.8 Å². The second-order valence-electron chi connectivity index (χ2n) is 6.42. The molecule has 2 heterocycles. The van der Waals surface area contributed by atoms with Gasteiger partial charge in [-0.3, -0.25) is 0 Å². The van der Waals surface area contributed by atoms with E-state index in [-0.39, 0.29) is 13.2 Å². The summed E-state index contributed by atoms with van der Waals surface area (Å²) in [6, 6.07) is 15.4. The molecule has 148 valence electrons. The van der Waals surface area contributed by atoms with Crippen LogP contribution < -0.4 is 10.6 Å². The predicted molar refractivity (Wildman–Crippen MR) is 108 cm³/mol. The number of hydrogen-bond acceptors (Lipinski definition) is 9. The maximum atomic E-state index is 9.05. The second kappa shape index (κ2) is 8.63. The minimum atomic E-state index is 0.110. The molecule has 4 rings (SSSR count). The van der Waals surface area contributed by atoms with Crippen LogP contribution in [0.5, 0.6) is 0 Å². The van der Waals surface area contributed by atoms with Crippen LogP contribution in [0.3, 0.4) is 0 Å². The quantitative estimate of drug-likeness (QED) is 0.357. The molecular weight excluding hydrogens is 372 g/mol. The summed E-state index contributed by atoms with van der Waals surface area (Å²) in [4.78, 5) is 8.91. The Bertz CT molecular complexity index is 994. The van der Waals surface area contributed by atoms with Crippen LogP contribution in [-0.2, 0) is 12.8 Å². The third-order valence-corrected chi connectivity index (χ3v) is 4.35. The van der Waals surface area contributed by atoms with Crippen LogP contribution in [0, 0.1) is 0 Å². The van der Waals surface area contributed by atoms with Crippen molar-refractivity contribution in [1.29, 1.82) is 0 Å². The van der Waals surface area contributed by atoms with Gasteiger partial charge in [-0.1, -0.05) is 24.3 Å². The molecular formula is C20H20N6O3. The van der Waals surface area contributed by atoms with Crippen molar-refractivity contribution in [1.82, 2.24) is 20.3 Å². The Morgan fingerprint density at radius 3 is 1.45 bits per heavy atom. The third kappa shape index (κ3) is 4.48. The summed E-state index contributed by atoms with van der Waals surface area (Å²) in [7, 11) is 0. The van der Waals surface area contributed by atoms with E-state index in [1.54, 1.807) is 0 Å². The van der Waals surface area contributed by atoms with E-state index in [0.717, 1.165) is 22.5 Å². The van der Waals surface area contributed by atoms with Crippen LogP contribution >= 0.6 is 0 Å². The van der Waals surface area contributed by atoms with E-state index in [2.05, 4.69) is 30.9 Å². The van der Waals surface area contributed by atoms with Crippen LogP contribution in [0.15, 0.2) is 53.2 Å². The molecule has 0 spiro atoms. The Labute approximate surface area is 166 Å². The minimum absolute atomic E-state index is 0.110. The first-order valence-corrected chi connectivity index (χ1v) is 9.19.